The molecule has 23 heavy (non-hydrogen) atoms. The number of H-pyrrole nitrogens is 1. The van der Waals surface area contributed by atoms with Gasteiger partial charge in [-0.15, -0.1) is 0 Å². The highest BCUT2D eigenvalue weighted by molar-refractivity contribution is 5.84. The van der Waals surface area contributed by atoms with Crippen molar-refractivity contribution in [1.29, 1.82) is 0 Å². The van der Waals surface area contributed by atoms with Crippen LogP contribution in [0.4, 0.5) is 4.79 Å². The highest BCUT2D eigenvalue weighted by Gasteiger charge is 2.13. The van der Waals surface area contributed by atoms with Crippen molar-refractivity contribution in [2.24, 2.45) is 5.92 Å². The number of hydrogen-bond donors (Lipinski definition) is 4. The molecule has 2 rings (SSSR count). The van der Waals surface area contributed by atoms with Gasteiger partial charge in [0.25, 0.3) is 0 Å². The van der Waals surface area contributed by atoms with E-state index in [9.17, 15) is 9.90 Å². The second-order valence-electron chi connectivity index (χ2n) is 6.43. The molecule has 5 heteroatoms. The maximum Gasteiger partial charge on any atom is 0.315 e. The third-order valence-corrected chi connectivity index (χ3v) is 4.00. The maximum atomic E-state index is 11.9. The van der Waals surface area contributed by atoms with Gasteiger partial charge in [0.05, 0.1) is 12.6 Å². The summed E-state index contributed by atoms with van der Waals surface area (Å²) in [5.74, 6) is 0.432. The first-order valence-electron chi connectivity index (χ1n) is 8.22. The van der Waals surface area contributed by atoms with Crippen LogP contribution in [0, 0.1) is 12.8 Å². The van der Waals surface area contributed by atoms with Crippen molar-refractivity contribution in [1.82, 2.24) is 15.6 Å². The Morgan fingerprint density at radius 1 is 1.30 bits per heavy atom. The zero-order valence-electron chi connectivity index (χ0n) is 14.1. The minimum absolute atomic E-state index is 0.0346. The molecule has 0 aliphatic carbocycles. The van der Waals surface area contributed by atoms with Crippen molar-refractivity contribution in [3.05, 3.63) is 35.5 Å². The van der Waals surface area contributed by atoms with Gasteiger partial charge in [0.2, 0.25) is 0 Å². The largest absolute Gasteiger partial charge is 0.394 e. The molecule has 126 valence electrons. The van der Waals surface area contributed by atoms with E-state index < -0.39 is 0 Å². The molecule has 0 bridgehead atoms. The third-order valence-electron chi connectivity index (χ3n) is 4.00. The summed E-state index contributed by atoms with van der Waals surface area (Å²) in [7, 11) is 0. The number of carbonyl (C=O) groups excluding carboxylic acids is 1. The number of aliphatic hydroxyl groups excluding tert-OH is 1. The molecule has 1 atom stereocenters. The van der Waals surface area contributed by atoms with Gasteiger partial charge in [0.15, 0.2) is 0 Å². The number of urea groups is 1. The summed E-state index contributed by atoms with van der Waals surface area (Å²) in [5.41, 5.74) is 3.50. The molecular weight excluding hydrogens is 290 g/mol. The Hall–Kier alpha value is -2.01. The molecule has 1 heterocycles. The average Bonchev–Trinajstić information content (AvgIpc) is 2.82. The van der Waals surface area contributed by atoms with Gasteiger partial charge >= 0.3 is 6.03 Å². The predicted molar refractivity (Wildman–Crippen MR) is 93.6 cm³/mol. The summed E-state index contributed by atoms with van der Waals surface area (Å²) in [6.07, 6.45) is 1.54. The van der Waals surface area contributed by atoms with Crippen LogP contribution in [0.25, 0.3) is 10.9 Å². The number of carbonyl (C=O) groups is 1. The molecule has 0 fully saturated rings. The molecule has 0 aliphatic heterocycles. The van der Waals surface area contributed by atoms with Crippen LogP contribution < -0.4 is 10.6 Å². The summed E-state index contributed by atoms with van der Waals surface area (Å²) in [6.45, 7) is 6.73. The van der Waals surface area contributed by atoms with Crippen LogP contribution in [0.5, 0.6) is 0 Å². The van der Waals surface area contributed by atoms with E-state index in [1.54, 1.807) is 0 Å². The molecule has 0 saturated heterocycles. The lowest BCUT2D eigenvalue weighted by molar-refractivity contribution is 0.207. The molecule has 1 aromatic heterocycles. The van der Waals surface area contributed by atoms with Crippen molar-refractivity contribution in [2.75, 3.05) is 13.2 Å². The molecule has 0 spiro atoms. The van der Waals surface area contributed by atoms with Crippen molar-refractivity contribution >= 4 is 16.9 Å². The number of benzene rings is 1. The zero-order valence-corrected chi connectivity index (χ0v) is 14.1. The van der Waals surface area contributed by atoms with Gasteiger partial charge in [-0.25, -0.2) is 4.79 Å². The van der Waals surface area contributed by atoms with Gasteiger partial charge in [-0.3, -0.25) is 0 Å². The standard InChI is InChI=1S/C18H27N3O2/c1-12(2)10-14(11-22)21-18(23)19-9-8-15-13(3)20-17-7-5-4-6-16(15)17/h4-7,12,14,20,22H,8-11H2,1-3H3,(H2,19,21,23). The molecule has 5 nitrogen and oxygen atoms in total. The number of para-hydroxylation sites is 1. The number of nitrogens with one attached hydrogen (secondary N) is 3. The van der Waals surface area contributed by atoms with Crippen LogP contribution in [-0.2, 0) is 6.42 Å². The maximum absolute atomic E-state index is 11.9. The van der Waals surface area contributed by atoms with E-state index in [0.29, 0.717) is 12.5 Å². The highest BCUT2D eigenvalue weighted by Crippen LogP contribution is 2.21. The first kappa shape index (κ1) is 17.3. The van der Waals surface area contributed by atoms with Crippen molar-refractivity contribution in [3.63, 3.8) is 0 Å². The van der Waals surface area contributed by atoms with Crippen LogP contribution >= 0.6 is 0 Å². The fourth-order valence-corrected chi connectivity index (χ4v) is 2.94. The second kappa shape index (κ2) is 8.02. The van der Waals surface area contributed by atoms with E-state index in [1.165, 1.54) is 10.9 Å². The van der Waals surface area contributed by atoms with Gasteiger partial charge in [-0.1, -0.05) is 32.0 Å². The van der Waals surface area contributed by atoms with E-state index in [-0.39, 0.29) is 18.7 Å². The monoisotopic (exact) mass is 317 g/mol. The van der Waals surface area contributed by atoms with Crippen molar-refractivity contribution in [2.45, 2.75) is 39.7 Å². The fourth-order valence-electron chi connectivity index (χ4n) is 2.94. The SMILES string of the molecule is Cc1[nH]c2ccccc2c1CCNC(=O)NC(CO)CC(C)C. The Labute approximate surface area is 137 Å². The summed E-state index contributed by atoms with van der Waals surface area (Å²) in [5, 5.41) is 16.2. The Balaban J connectivity index is 1.86. The molecule has 0 aliphatic rings. The molecule has 0 radical (unpaired) electrons. The number of aromatic amines is 1. The van der Waals surface area contributed by atoms with E-state index in [0.717, 1.165) is 24.1 Å². The molecule has 2 amide bonds. The number of hydrogen-bond acceptors (Lipinski definition) is 2. The first-order chi connectivity index (χ1) is 11.0. The lowest BCUT2D eigenvalue weighted by Gasteiger charge is -2.18. The molecule has 0 saturated carbocycles. The van der Waals surface area contributed by atoms with Gasteiger partial charge < -0.3 is 20.7 Å². The highest BCUT2D eigenvalue weighted by atomic mass is 16.3. The van der Waals surface area contributed by atoms with Gasteiger partial charge in [-0.05, 0) is 37.3 Å². The number of aliphatic hydroxyl groups is 1. The minimum Gasteiger partial charge on any atom is -0.394 e. The lowest BCUT2D eigenvalue weighted by atomic mass is 10.0. The predicted octanol–water partition coefficient (Wildman–Crippen LogP) is 2.73. The quantitative estimate of drug-likeness (QED) is 0.634. The lowest BCUT2D eigenvalue weighted by Crippen LogP contribution is -2.44. The summed E-state index contributed by atoms with van der Waals surface area (Å²) in [6, 6.07) is 7.78. The molecule has 1 unspecified atom stereocenters. The van der Waals surface area contributed by atoms with Crippen LogP contribution in [0.15, 0.2) is 24.3 Å². The molecule has 2 aromatic rings. The number of rotatable bonds is 7. The van der Waals surface area contributed by atoms with Crippen LogP contribution in [0.1, 0.15) is 31.5 Å². The van der Waals surface area contributed by atoms with E-state index >= 15 is 0 Å². The van der Waals surface area contributed by atoms with E-state index in [2.05, 4.69) is 48.5 Å². The van der Waals surface area contributed by atoms with E-state index in [1.807, 2.05) is 12.1 Å². The Kier molecular flexibility index (Phi) is 6.04. The summed E-state index contributed by atoms with van der Waals surface area (Å²) >= 11 is 0. The first-order valence-corrected chi connectivity index (χ1v) is 8.22. The Bertz CT molecular complexity index is 649. The minimum atomic E-state index is -0.220. The smallest absolute Gasteiger partial charge is 0.315 e. The number of aromatic nitrogens is 1. The summed E-state index contributed by atoms with van der Waals surface area (Å²) < 4.78 is 0. The average molecular weight is 317 g/mol. The van der Waals surface area contributed by atoms with Crippen molar-refractivity contribution < 1.29 is 9.90 Å². The fraction of sp³-hybridized carbons (Fsp3) is 0.500. The van der Waals surface area contributed by atoms with Gasteiger partial charge in [-0.2, -0.15) is 0 Å². The molecule has 1 aromatic carbocycles. The van der Waals surface area contributed by atoms with Crippen LogP contribution in [-0.4, -0.2) is 35.3 Å². The topological polar surface area (TPSA) is 77.2 Å². The van der Waals surface area contributed by atoms with E-state index in [4.69, 9.17) is 0 Å². The zero-order chi connectivity index (χ0) is 16.8. The second-order valence-corrected chi connectivity index (χ2v) is 6.43. The van der Waals surface area contributed by atoms with Gasteiger partial charge in [0.1, 0.15) is 0 Å². The normalized spacial score (nSPS) is 12.6. The van der Waals surface area contributed by atoms with Gasteiger partial charge in [0, 0.05) is 23.1 Å². The summed E-state index contributed by atoms with van der Waals surface area (Å²) in [4.78, 5) is 15.3. The van der Waals surface area contributed by atoms with Crippen LogP contribution in [0.3, 0.4) is 0 Å². The Morgan fingerprint density at radius 2 is 2.04 bits per heavy atom. The third kappa shape index (κ3) is 4.73. The van der Waals surface area contributed by atoms with Crippen LogP contribution in [0.2, 0.25) is 0 Å². The van der Waals surface area contributed by atoms with Crippen molar-refractivity contribution in [3.8, 4) is 0 Å². The molecular formula is C18H27N3O2. The number of amides is 2. The number of aryl methyl sites for hydroxylation is 1. The Morgan fingerprint density at radius 3 is 2.74 bits per heavy atom. The molecule has 4 N–H and O–H groups in total. The number of fused-ring (bicyclic) bond motifs is 1.